The fourth-order valence-electron chi connectivity index (χ4n) is 5.11. The van der Waals surface area contributed by atoms with Crippen LogP contribution in [0, 0.1) is 12.3 Å². The molecule has 1 spiro atoms. The van der Waals surface area contributed by atoms with Gasteiger partial charge in [-0.05, 0) is 79.6 Å². The van der Waals surface area contributed by atoms with Crippen molar-refractivity contribution in [2.75, 3.05) is 31.1 Å². The number of hydrogen-bond acceptors (Lipinski definition) is 6. The number of hydrogen-bond donors (Lipinski definition) is 0. The van der Waals surface area contributed by atoms with Crippen molar-refractivity contribution in [2.45, 2.75) is 39.2 Å². The Morgan fingerprint density at radius 1 is 1.19 bits per heavy atom. The van der Waals surface area contributed by atoms with Crippen molar-refractivity contribution in [1.82, 2.24) is 14.9 Å². The van der Waals surface area contributed by atoms with E-state index in [1.165, 1.54) is 11.1 Å². The van der Waals surface area contributed by atoms with Gasteiger partial charge in [0.25, 0.3) is 0 Å². The Kier molecular flexibility index (Phi) is 5.18. The van der Waals surface area contributed by atoms with Crippen LogP contribution in [0.3, 0.4) is 0 Å². The van der Waals surface area contributed by atoms with Crippen LogP contribution in [0.25, 0.3) is 0 Å². The SMILES string of the molecule is Cc1c(CCN2CCC3(CC2)CC(=O)N(c2ccnc(Cl)n2)C3)ccc2c1COC2=O. The molecule has 0 saturated carbocycles. The third kappa shape index (κ3) is 3.81. The largest absolute Gasteiger partial charge is 0.457 e. The predicted octanol–water partition coefficient (Wildman–Crippen LogP) is 3.17. The van der Waals surface area contributed by atoms with Gasteiger partial charge in [-0.25, -0.2) is 14.8 Å². The Hall–Kier alpha value is -2.51. The van der Waals surface area contributed by atoms with Gasteiger partial charge in [0, 0.05) is 31.3 Å². The molecule has 0 aliphatic carbocycles. The maximum absolute atomic E-state index is 12.7. The minimum absolute atomic E-state index is 0.0200. The summed E-state index contributed by atoms with van der Waals surface area (Å²) >= 11 is 5.91. The fraction of sp³-hybridized carbons (Fsp3) is 0.478. The number of nitrogens with zero attached hydrogens (tertiary/aromatic N) is 4. The number of carbonyl (C=O) groups excluding carboxylic acids is 2. The third-order valence-corrected chi connectivity index (χ3v) is 7.28. The predicted molar refractivity (Wildman–Crippen MR) is 116 cm³/mol. The van der Waals surface area contributed by atoms with Crippen molar-refractivity contribution in [3.05, 3.63) is 51.9 Å². The van der Waals surface area contributed by atoms with Crippen LogP contribution in [0.2, 0.25) is 5.28 Å². The van der Waals surface area contributed by atoms with Crippen LogP contribution in [0.1, 0.15) is 46.3 Å². The summed E-state index contributed by atoms with van der Waals surface area (Å²) in [5.74, 6) is 0.503. The molecule has 0 bridgehead atoms. The van der Waals surface area contributed by atoms with Gasteiger partial charge in [-0.1, -0.05) is 6.07 Å². The first-order valence-electron chi connectivity index (χ1n) is 10.7. The van der Waals surface area contributed by atoms with Crippen LogP contribution < -0.4 is 4.90 Å². The summed E-state index contributed by atoms with van der Waals surface area (Å²) in [5.41, 5.74) is 4.22. The highest BCUT2D eigenvalue weighted by Crippen LogP contribution is 2.42. The molecule has 0 unspecified atom stereocenters. The number of halogens is 1. The number of esters is 1. The van der Waals surface area contributed by atoms with E-state index in [-0.39, 0.29) is 22.6 Å². The first kappa shape index (κ1) is 20.4. The summed E-state index contributed by atoms with van der Waals surface area (Å²) in [5, 5.41) is 0.166. The molecule has 1 aromatic carbocycles. The summed E-state index contributed by atoms with van der Waals surface area (Å²) < 4.78 is 5.17. The van der Waals surface area contributed by atoms with Crippen LogP contribution in [-0.2, 0) is 22.6 Å². The second-order valence-corrected chi connectivity index (χ2v) is 9.22. The fourth-order valence-corrected chi connectivity index (χ4v) is 5.26. The first-order chi connectivity index (χ1) is 14.9. The summed E-state index contributed by atoms with van der Waals surface area (Å²) in [4.78, 5) is 36.8. The Morgan fingerprint density at radius 3 is 2.77 bits per heavy atom. The van der Waals surface area contributed by atoms with Crippen LogP contribution in [0.4, 0.5) is 5.82 Å². The Balaban J connectivity index is 1.19. The average Bonchev–Trinajstić information content (AvgIpc) is 3.29. The Labute approximate surface area is 186 Å². The number of piperidine rings is 1. The molecular weight excluding hydrogens is 416 g/mol. The number of benzene rings is 1. The van der Waals surface area contributed by atoms with Crippen LogP contribution >= 0.6 is 11.6 Å². The topological polar surface area (TPSA) is 75.6 Å². The Bertz CT molecular complexity index is 1050. The van der Waals surface area contributed by atoms with Crippen LogP contribution in [0.15, 0.2) is 24.4 Å². The summed E-state index contributed by atoms with van der Waals surface area (Å²) in [6.45, 7) is 6.12. The maximum atomic E-state index is 12.7. The molecule has 3 aliphatic rings. The molecule has 2 aromatic rings. The van der Waals surface area contributed by atoms with E-state index >= 15 is 0 Å². The lowest BCUT2D eigenvalue weighted by Crippen LogP contribution is -2.42. The molecule has 1 aromatic heterocycles. The molecule has 3 aliphatic heterocycles. The van der Waals surface area contributed by atoms with E-state index in [0.717, 1.165) is 44.5 Å². The number of amides is 1. The monoisotopic (exact) mass is 440 g/mol. The van der Waals surface area contributed by atoms with Crippen molar-refractivity contribution in [3.63, 3.8) is 0 Å². The zero-order chi connectivity index (χ0) is 21.6. The number of ether oxygens (including phenoxy) is 1. The van der Waals surface area contributed by atoms with Crippen molar-refractivity contribution < 1.29 is 14.3 Å². The molecule has 31 heavy (non-hydrogen) atoms. The summed E-state index contributed by atoms with van der Waals surface area (Å²) in [6, 6.07) is 5.71. The minimum Gasteiger partial charge on any atom is -0.457 e. The normalized spacial score (nSPS) is 20.4. The van der Waals surface area contributed by atoms with Gasteiger partial charge in [0.05, 0.1) is 5.56 Å². The van der Waals surface area contributed by atoms with E-state index in [0.29, 0.717) is 31.0 Å². The van der Waals surface area contributed by atoms with Crippen molar-refractivity contribution >= 4 is 29.3 Å². The van der Waals surface area contributed by atoms with Gasteiger partial charge in [-0.15, -0.1) is 0 Å². The van der Waals surface area contributed by atoms with E-state index in [2.05, 4.69) is 27.9 Å². The van der Waals surface area contributed by atoms with Gasteiger partial charge in [0.1, 0.15) is 12.4 Å². The molecule has 162 valence electrons. The molecular formula is C23H25ClN4O3. The number of carbonyl (C=O) groups is 2. The maximum Gasteiger partial charge on any atom is 0.338 e. The zero-order valence-electron chi connectivity index (χ0n) is 17.6. The quantitative estimate of drug-likeness (QED) is 0.537. The zero-order valence-corrected chi connectivity index (χ0v) is 18.3. The van der Waals surface area contributed by atoms with Gasteiger partial charge in [0.15, 0.2) is 0 Å². The molecule has 0 N–H and O–H groups in total. The standard InChI is InChI=1S/C23H25ClN4O3/c1-15-16(2-3-17-18(15)13-31-21(17)30)5-9-27-10-6-23(7-11-27)12-20(29)28(14-23)19-4-8-25-22(24)26-19/h2-4,8H,5-7,9-14H2,1H3. The molecule has 5 rings (SSSR count). The molecule has 0 atom stereocenters. The van der Waals surface area contributed by atoms with E-state index in [1.807, 2.05) is 6.07 Å². The van der Waals surface area contributed by atoms with Gasteiger partial charge >= 0.3 is 5.97 Å². The number of cyclic esters (lactones) is 1. The lowest BCUT2D eigenvalue weighted by molar-refractivity contribution is -0.118. The van der Waals surface area contributed by atoms with E-state index in [1.54, 1.807) is 17.2 Å². The highest BCUT2D eigenvalue weighted by molar-refractivity contribution is 6.28. The summed E-state index contributed by atoms with van der Waals surface area (Å²) in [7, 11) is 0. The number of rotatable bonds is 4. The molecule has 8 heteroatoms. The lowest BCUT2D eigenvalue weighted by atomic mass is 9.77. The molecule has 2 saturated heterocycles. The number of anilines is 1. The highest BCUT2D eigenvalue weighted by Gasteiger charge is 2.45. The van der Waals surface area contributed by atoms with Crippen molar-refractivity contribution in [2.24, 2.45) is 5.41 Å². The lowest BCUT2D eigenvalue weighted by Gasteiger charge is -2.38. The van der Waals surface area contributed by atoms with Crippen molar-refractivity contribution in [3.8, 4) is 0 Å². The number of fused-ring (bicyclic) bond motifs is 1. The number of aromatic nitrogens is 2. The molecule has 2 fully saturated rings. The highest BCUT2D eigenvalue weighted by atomic mass is 35.5. The van der Waals surface area contributed by atoms with Gasteiger partial charge in [0.2, 0.25) is 11.2 Å². The second-order valence-electron chi connectivity index (χ2n) is 8.88. The van der Waals surface area contributed by atoms with E-state index in [9.17, 15) is 9.59 Å². The first-order valence-corrected chi connectivity index (χ1v) is 11.1. The Morgan fingerprint density at radius 2 is 2.00 bits per heavy atom. The molecule has 0 radical (unpaired) electrons. The summed E-state index contributed by atoms with van der Waals surface area (Å²) in [6.07, 6.45) is 5.11. The molecule has 1 amide bonds. The number of likely N-dealkylation sites (tertiary alicyclic amines) is 1. The minimum atomic E-state index is -0.213. The van der Waals surface area contributed by atoms with E-state index in [4.69, 9.17) is 16.3 Å². The second kappa shape index (κ2) is 7.88. The molecule has 4 heterocycles. The smallest absolute Gasteiger partial charge is 0.338 e. The van der Waals surface area contributed by atoms with Gasteiger partial charge in [-0.2, -0.15) is 0 Å². The third-order valence-electron chi connectivity index (χ3n) is 7.10. The van der Waals surface area contributed by atoms with Gasteiger partial charge < -0.3 is 9.64 Å². The van der Waals surface area contributed by atoms with Crippen molar-refractivity contribution in [1.29, 1.82) is 0 Å². The molecule has 7 nitrogen and oxygen atoms in total. The van der Waals surface area contributed by atoms with Gasteiger partial charge in [-0.3, -0.25) is 9.69 Å². The van der Waals surface area contributed by atoms with E-state index < -0.39 is 0 Å². The van der Waals surface area contributed by atoms with Crippen LogP contribution in [0.5, 0.6) is 0 Å². The average molecular weight is 441 g/mol. The van der Waals surface area contributed by atoms with Crippen LogP contribution in [-0.4, -0.2) is 52.9 Å².